The van der Waals surface area contributed by atoms with Crippen LogP contribution in [0, 0.1) is 22.1 Å². The number of aromatic nitrogens is 4. The zero-order valence-electron chi connectivity index (χ0n) is 25.4. The summed E-state index contributed by atoms with van der Waals surface area (Å²) in [5, 5.41) is 32.7. The number of H-pyrrole nitrogens is 2. The number of benzene rings is 4. The van der Waals surface area contributed by atoms with Crippen molar-refractivity contribution in [1.82, 2.24) is 30.6 Å². The third-order valence-electron chi connectivity index (χ3n) is 7.14. The van der Waals surface area contributed by atoms with Crippen LogP contribution < -0.4 is 15.4 Å². The Bertz CT molecular complexity index is 2100. The number of fused-ring (bicyclic) bond motifs is 2. The molecule has 0 aliphatic rings. The van der Waals surface area contributed by atoms with Gasteiger partial charge in [0.1, 0.15) is 40.9 Å². The number of nitrogens with zero attached hydrogens (tertiary/aromatic N) is 3. The monoisotopic (exact) mass is 595 g/mol. The van der Waals surface area contributed by atoms with Crippen molar-refractivity contribution < 1.29 is 4.74 Å². The Balaban J connectivity index is 1.19. The van der Waals surface area contributed by atoms with E-state index in [0.717, 1.165) is 44.3 Å². The summed E-state index contributed by atoms with van der Waals surface area (Å²) in [5.41, 5.74) is 6.83. The third kappa shape index (κ3) is 6.24. The van der Waals surface area contributed by atoms with Crippen LogP contribution in [0.1, 0.15) is 44.4 Å². The van der Waals surface area contributed by atoms with Crippen molar-refractivity contribution >= 4 is 33.7 Å². The van der Waals surface area contributed by atoms with E-state index in [4.69, 9.17) is 25.5 Å². The summed E-state index contributed by atoms with van der Waals surface area (Å²) in [6.45, 7) is 8.00. The van der Waals surface area contributed by atoms with Gasteiger partial charge >= 0.3 is 0 Å². The van der Waals surface area contributed by atoms with Crippen molar-refractivity contribution in [2.45, 2.75) is 39.8 Å². The van der Waals surface area contributed by atoms with E-state index in [1.54, 1.807) is 12.1 Å². The van der Waals surface area contributed by atoms with Crippen LogP contribution in [-0.2, 0) is 0 Å². The highest BCUT2D eigenvalue weighted by Gasteiger charge is 2.14. The van der Waals surface area contributed by atoms with Gasteiger partial charge in [-0.2, -0.15) is 5.26 Å². The molecule has 0 radical (unpaired) electrons. The van der Waals surface area contributed by atoms with Crippen molar-refractivity contribution in [3.63, 3.8) is 0 Å². The van der Waals surface area contributed by atoms with E-state index in [1.165, 1.54) is 0 Å². The van der Waals surface area contributed by atoms with Crippen LogP contribution in [0.15, 0.2) is 78.9 Å². The molecule has 0 spiro atoms. The van der Waals surface area contributed by atoms with Gasteiger partial charge in [-0.1, -0.05) is 0 Å². The van der Waals surface area contributed by atoms with Crippen LogP contribution in [0.3, 0.4) is 0 Å². The molecule has 0 unspecified atom stereocenters. The molecule has 0 bridgehead atoms. The Kier molecular flexibility index (Phi) is 7.75. The first kappa shape index (κ1) is 29.1. The van der Waals surface area contributed by atoms with Gasteiger partial charge in [0.25, 0.3) is 0 Å². The fraction of sp³-hybridized carbons (Fsp3) is 0.171. The highest BCUT2D eigenvalue weighted by Crippen LogP contribution is 2.31. The van der Waals surface area contributed by atoms with Gasteiger partial charge in [0.15, 0.2) is 0 Å². The minimum atomic E-state index is 0.161. The Morgan fingerprint density at radius 3 is 1.73 bits per heavy atom. The predicted octanol–water partition coefficient (Wildman–Crippen LogP) is 7.08. The van der Waals surface area contributed by atoms with Gasteiger partial charge in [0.2, 0.25) is 0 Å². The molecule has 2 heterocycles. The van der Waals surface area contributed by atoms with Gasteiger partial charge < -0.3 is 25.3 Å². The number of aromatic amines is 2. The summed E-state index contributed by atoms with van der Waals surface area (Å²) in [6.07, 6.45) is 0. The van der Waals surface area contributed by atoms with Crippen LogP contribution in [0.25, 0.3) is 44.8 Å². The van der Waals surface area contributed by atoms with E-state index < -0.39 is 0 Å². The molecule has 0 saturated heterocycles. The predicted molar refractivity (Wildman–Crippen MR) is 178 cm³/mol. The first-order valence-corrected chi connectivity index (χ1v) is 14.7. The van der Waals surface area contributed by atoms with E-state index in [1.807, 2.05) is 94.4 Å². The molecule has 6 rings (SSSR count). The van der Waals surface area contributed by atoms with Crippen molar-refractivity contribution in [2.75, 3.05) is 0 Å². The first-order chi connectivity index (χ1) is 21.7. The molecule has 0 saturated carbocycles. The third-order valence-corrected chi connectivity index (χ3v) is 7.14. The SMILES string of the molecule is CC(C)NC(=N)c1ccc2nc(-c3ccc(Oc4ccc(-c5nc6ccc(C(=N)NC(C)C)cc6[nH]5)cc4C#N)cc3)[nH]c2c1. The maximum atomic E-state index is 9.91. The number of rotatable bonds is 8. The Labute approximate surface area is 260 Å². The maximum absolute atomic E-state index is 9.91. The second-order valence-electron chi connectivity index (χ2n) is 11.4. The molecular formula is C35H33N9O. The molecule has 6 aromatic rings. The quantitative estimate of drug-likeness (QED) is 0.0813. The van der Waals surface area contributed by atoms with E-state index in [-0.39, 0.29) is 12.1 Å². The zero-order chi connectivity index (χ0) is 31.7. The summed E-state index contributed by atoms with van der Waals surface area (Å²) in [5.74, 6) is 3.09. The first-order valence-electron chi connectivity index (χ1n) is 14.7. The smallest absolute Gasteiger partial charge is 0.145 e. The van der Waals surface area contributed by atoms with Crippen molar-refractivity contribution in [3.8, 4) is 40.3 Å². The lowest BCUT2D eigenvalue weighted by molar-refractivity contribution is 0.481. The highest BCUT2D eigenvalue weighted by atomic mass is 16.5. The lowest BCUT2D eigenvalue weighted by atomic mass is 10.1. The van der Waals surface area contributed by atoms with E-state index in [2.05, 4.69) is 26.7 Å². The molecule has 2 aromatic heterocycles. The molecule has 0 aliphatic heterocycles. The van der Waals surface area contributed by atoms with Crippen LogP contribution in [0.2, 0.25) is 0 Å². The number of nitriles is 1. The van der Waals surface area contributed by atoms with Crippen LogP contribution in [0.4, 0.5) is 0 Å². The Morgan fingerprint density at radius 2 is 1.22 bits per heavy atom. The second kappa shape index (κ2) is 12.0. The molecule has 0 aliphatic carbocycles. The minimum Gasteiger partial charge on any atom is -0.456 e. The minimum absolute atomic E-state index is 0.161. The number of imidazole rings is 2. The molecule has 224 valence electrons. The number of hydrogen-bond acceptors (Lipinski definition) is 6. The number of ether oxygens (including phenoxy) is 1. The highest BCUT2D eigenvalue weighted by molar-refractivity contribution is 6.00. The lowest BCUT2D eigenvalue weighted by Crippen LogP contribution is -2.30. The average molecular weight is 596 g/mol. The molecule has 45 heavy (non-hydrogen) atoms. The fourth-order valence-electron chi connectivity index (χ4n) is 5.01. The number of hydrogen-bond donors (Lipinski definition) is 6. The lowest BCUT2D eigenvalue weighted by Gasteiger charge is -2.10. The summed E-state index contributed by atoms with van der Waals surface area (Å²) in [7, 11) is 0. The summed E-state index contributed by atoms with van der Waals surface area (Å²) in [6, 6.07) is 26.8. The second-order valence-corrected chi connectivity index (χ2v) is 11.4. The Hall–Kier alpha value is -5.95. The molecule has 6 N–H and O–H groups in total. The van der Waals surface area contributed by atoms with Crippen LogP contribution in [0.5, 0.6) is 11.5 Å². The van der Waals surface area contributed by atoms with Gasteiger partial charge in [0, 0.05) is 34.3 Å². The van der Waals surface area contributed by atoms with E-state index in [9.17, 15) is 5.26 Å². The van der Waals surface area contributed by atoms with Gasteiger partial charge in [-0.25, -0.2) is 9.97 Å². The van der Waals surface area contributed by atoms with E-state index in [0.29, 0.717) is 40.4 Å². The topological polar surface area (TPSA) is 162 Å². The van der Waals surface area contributed by atoms with Gasteiger partial charge in [-0.05, 0) is 107 Å². The maximum Gasteiger partial charge on any atom is 0.145 e. The van der Waals surface area contributed by atoms with Crippen molar-refractivity contribution in [2.24, 2.45) is 0 Å². The molecule has 10 nitrogen and oxygen atoms in total. The average Bonchev–Trinajstić information content (AvgIpc) is 3.64. The summed E-state index contributed by atoms with van der Waals surface area (Å²) >= 11 is 0. The standard InChI is InChI=1S/C35H33N9O/c1-19(2)39-32(37)22-7-12-27-29(16-22)43-34(41-27)21-5-10-26(11-6-21)45-31-14-9-24(15-25(31)18-36)35-42-28-13-8-23(17-30(28)44-35)33(38)40-20(3)4/h5-17,19-20H,1-4H3,(H2,37,39)(H2,38,40)(H,41,43)(H,42,44). The normalized spacial score (nSPS) is 11.2. The van der Waals surface area contributed by atoms with Crippen LogP contribution in [-0.4, -0.2) is 43.7 Å². The largest absolute Gasteiger partial charge is 0.456 e. The van der Waals surface area contributed by atoms with Gasteiger partial charge in [0.05, 0.1) is 27.6 Å². The molecule has 0 atom stereocenters. The number of amidine groups is 2. The molecule has 4 aromatic carbocycles. The van der Waals surface area contributed by atoms with E-state index >= 15 is 0 Å². The molecule has 10 heteroatoms. The summed E-state index contributed by atoms with van der Waals surface area (Å²) < 4.78 is 6.10. The summed E-state index contributed by atoms with van der Waals surface area (Å²) in [4.78, 5) is 16.1. The molecule has 0 fully saturated rings. The zero-order valence-corrected chi connectivity index (χ0v) is 25.4. The van der Waals surface area contributed by atoms with Crippen molar-refractivity contribution in [3.05, 3.63) is 95.6 Å². The molecule has 0 amide bonds. The Morgan fingerprint density at radius 1 is 0.711 bits per heavy atom. The fourth-order valence-corrected chi connectivity index (χ4v) is 5.01. The van der Waals surface area contributed by atoms with Crippen LogP contribution >= 0.6 is 0 Å². The van der Waals surface area contributed by atoms with Gasteiger partial charge in [-0.15, -0.1) is 0 Å². The molecular weight excluding hydrogens is 562 g/mol. The van der Waals surface area contributed by atoms with Crippen molar-refractivity contribution in [1.29, 1.82) is 16.1 Å². The number of nitrogens with one attached hydrogen (secondary N) is 6. The van der Waals surface area contributed by atoms with Gasteiger partial charge in [-0.3, -0.25) is 10.8 Å².